The van der Waals surface area contributed by atoms with Gasteiger partial charge in [0.1, 0.15) is 5.75 Å². The Morgan fingerprint density at radius 3 is 2.95 bits per heavy atom. The summed E-state index contributed by atoms with van der Waals surface area (Å²) in [6.45, 7) is 3.88. The second kappa shape index (κ2) is 7.25. The molecule has 4 N–H and O–H groups in total. The first kappa shape index (κ1) is 14.8. The van der Waals surface area contributed by atoms with E-state index in [0.29, 0.717) is 0 Å². The fourth-order valence-electron chi connectivity index (χ4n) is 1.44. The van der Waals surface area contributed by atoms with Gasteiger partial charge in [0.15, 0.2) is 5.84 Å². The number of carbonyl (C=O) groups excluding carboxylic acids is 1. The van der Waals surface area contributed by atoms with Crippen molar-refractivity contribution < 1.29 is 14.7 Å². The SMILES string of the molecule is Cc1cccc(OCCC(=O)NC(C)/C(N)=N/O)c1. The van der Waals surface area contributed by atoms with Gasteiger partial charge in [0, 0.05) is 0 Å². The Kier molecular flexibility index (Phi) is 5.66. The van der Waals surface area contributed by atoms with Crippen LogP contribution in [0.1, 0.15) is 18.9 Å². The number of hydrogen-bond donors (Lipinski definition) is 3. The predicted octanol–water partition coefficient (Wildman–Crippen LogP) is 1.02. The van der Waals surface area contributed by atoms with Gasteiger partial charge >= 0.3 is 0 Å². The first-order valence-corrected chi connectivity index (χ1v) is 5.99. The van der Waals surface area contributed by atoms with Crippen LogP contribution in [0.25, 0.3) is 0 Å². The highest BCUT2D eigenvalue weighted by molar-refractivity contribution is 5.89. The summed E-state index contributed by atoms with van der Waals surface area (Å²) in [5.74, 6) is 0.483. The largest absolute Gasteiger partial charge is 0.493 e. The number of amides is 1. The van der Waals surface area contributed by atoms with Crippen LogP contribution < -0.4 is 15.8 Å². The molecule has 1 aromatic rings. The fraction of sp³-hybridized carbons (Fsp3) is 0.385. The summed E-state index contributed by atoms with van der Waals surface area (Å²) in [7, 11) is 0. The van der Waals surface area contributed by atoms with Crippen molar-refractivity contribution in [1.29, 1.82) is 0 Å². The number of carbonyl (C=O) groups is 1. The smallest absolute Gasteiger partial charge is 0.224 e. The van der Waals surface area contributed by atoms with Crippen LogP contribution in [0.5, 0.6) is 5.75 Å². The molecule has 0 aromatic heterocycles. The highest BCUT2D eigenvalue weighted by Crippen LogP contribution is 2.12. The van der Waals surface area contributed by atoms with Gasteiger partial charge in [-0.2, -0.15) is 0 Å². The third-order valence-electron chi connectivity index (χ3n) is 2.52. The molecule has 0 saturated heterocycles. The molecule has 0 aliphatic heterocycles. The average Bonchev–Trinajstić information content (AvgIpc) is 2.37. The van der Waals surface area contributed by atoms with Gasteiger partial charge in [0.05, 0.1) is 19.1 Å². The van der Waals surface area contributed by atoms with Crippen LogP contribution >= 0.6 is 0 Å². The van der Waals surface area contributed by atoms with Gasteiger partial charge in [-0.05, 0) is 31.5 Å². The monoisotopic (exact) mass is 265 g/mol. The standard InChI is InChI=1S/C13H19N3O3/c1-9-4-3-5-11(8-9)19-7-6-12(17)15-10(2)13(14)16-18/h3-5,8,10,18H,6-7H2,1-2H3,(H2,14,16)(H,15,17). The summed E-state index contributed by atoms with van der Waals surface area (Å²) >= 11 is 0. The number of oxime groups is 1. The lowest BCUT2D eigenvalue weighted by Crippen LogP contribution is -2.42. The van der Waals surface area contributed by atoms with E-state index < -0.39 is 6.04 Å². The zero-order valence-corrected chi connectivity index (χ0v) is 11.1. The quantitative estimate of drug-likeness (QED) is 0.309. The van der Waals surface area contributed by atoms with E-state index in [2.05, 4.69) is 10.5 Å². The summed E-state index contributed by atoms with van der Waals surface area (Å²) < 4.78 is 5.45. The van der Waals surface area contributed by atoms with Gasteiger partial charge < -0.3 is 21.0 Å². The number of amidine groups is 1. The molecule has 0 radical (unpaired) electrons. The van der Waals surface area contributed by atoms with Crippen molar-refractivity contribution >= 4 is 11.7 Å². The molecular weight excluding hydrogens is 246 g/mol. The number of nitrogens with one attached hydrogen (secondary N) is 1. The highest BCUT2D eigenvalue weighted by atomic mass is 16.5. The van der Waals surface area contributed by atoms with Crippen molar-refractivity contribution in [1.82, 2.24) is 5.32 Å². The zero-order valence-electron chi connectivity index (χ0n) is 11.1. The fourth-order valence-corrected chi connectivity index (χ4v) is 1.44. The van der Waals surface area contributed by atoms with Crippen LogP contribution in [0, 0.1) is 6.92 Å². The molecule has 1 unspecified atom stereocenters. The number of benzene rings is 1. The van der Waals surface area contributed by atoms with Crippen molar-refractivity contribution in [3.8, 4) is 5.75 Å². The van der Waals surface area contributed by atoms with E-state index >= 15 is 0 Å². The molecule has 0 spiro atoms. The summed E-state index contributed by atoms with van der Waals surface area (Å²) in [6, 6.07) is 7.10. The number of hydrogen-bond acceptors (Lipinski definition) is 4. The van der Waals surface area contributed by atoms with Gasteiger partial charge in [0.2, 0.25) is 5.91 Å². The van der Waals surface area contributed by atoms with Crippen molar-refractivity contribution in [2.45, 2.75) is 26.3 Å². The van der Waals surface area contributed by atoms with Gasteiger partial charge in [-0.3, -0.25) is 4.79 Å². The van der Waals surface area contributed by atoms with Gasteiger partial charge in [-0.25, -0.2) is 0 Å². The first-order chi connectivity index (χ1) is 9.02. The summed E-state index contributed by atoms with van der Waals surface area (Å²) in [5, 5.41) is 13.9. The van der Waals surface area contributed by atoms with Gasteiger partial charge in [-0.15, -0.1) is 0 Å². The molecule has 6 heteroatoms. The topological polar surface area (TPSA) is 96.9 Å². The third kappa shape index (κ3) is 5.29. The van der Waals surface area contributed by atoms with E-state index in [0.717, 1.165) is 11.3 Å². The van der Waals surface area contributed by atoms with Crippen LogP contribution in [0.15, 0.2) is 29.4 Å². The Morgan fingerprint density at radius 1 is 1.58 bits per heavy atom. The van der Waals surface area contributed by atoms with E-state index in [1.54, 1.807) is 6.92 Å². The van der Waals surface area contributed by atoms with Crippen LogP contribution in [0.3, 0.4) is 0 Å². The lowest BCUT2D eigenvalue weighted by molar-refractivity contribution is -0.121. The second-order valence-electron chi connectivity index (χ2n) is 4.23. The molecule has 1 amide bonds. The normalized spacial score (nSPS) is 12.8. The van der Waals surface area contributed by atoms with E-state index in [-0.39, 0.29) is 24.8 Å². The lowest BCUT2D eigenvalue weighted by atomic mass is 10.2. The Morgan fingerprint density at radius 2 is 2.32 bits per heavy atom. The maximum Gasteiger partial charge on any atom is 0.224 e. The minimum Gasteiger partial charge on any atom is -0.493 e. The molecule has 0 aliphatic rings. The molecule has 0 heterocycles. The molecule has 19 heavy (non-hydrogen) atoms. The molecule has 0 bridgehead atoms. The molecular formula is C13H19N3O3. The number of rotatable bonds is 6. The zero-order chi connectivity index (χ0) is 14.3. The Balaban J connectivity index is 2.31. The highest BCUT2D eigenvalue weighted by Gasteiger charge is 2.11. The van der Waals surface area contributed by atoms with Crippen molar-refractivity contribution in [2.24, 2.45) is 10.9 Å². The maximum atomic E-state index is 11.5. The number of nitrogens with zero attached hydrogens (tertiary/aromatic N) is 1. The van der Waals surface area contributed by atoms with Crippen LogP contribution in [-0.4, -0.2) is 29.6 Å². The van der Waals surface area contributed by atoms with Crippen molar-refractivity contribution in [2.75, 3.05) is 6.61 Å². The molecule has 1 atom stereocenters. The van der Waals surface area contributed by atoms with E-state index in [1.165, 1.54) is 0 Å². The molecule has 6 nitrogen and oxygen atoms in total. The van der Waals surface area contributed by atoms with Crippen molar-refractivity contribution in [3.05, 3.63) is 29.8 Å². The van der Waals surface area contributed by atoms with Gasteiger partial charge in [-0.1, -0.05) is 17.3 Å². The maximum absolute atomic E-state index is 11.5. The Hall–Kier alpha value is -2.24. The van der Waals surface area contributed by atoms with Crippen LogP contribution in [-0.2, 0) is 4.79 Å². The third-order valence-corrected chi connectivity index (χ3v) is 2.52. The van der Waals surface area contributed by atoms with Crippen LogP contribution in [0.4, 0.5) is 0 Å². The molecule has 0 fully saturated rings. The molecule has 0 aliphatic carbocycles. The first-order valence-electron chi connectivity index (χ1n) is 5.99. The van der Waals surface area contributed by atoms with Crippen LogP contribution in [0.2, 0.25) is 0 Å². The molecule has 1 aromatic carbocycles. The van der Waals surface area contributed by atoms with Crippen molar-refractivity contribution in [3.63, 3.8) is 0 Å². The minimum atomic E-state index is -0.503. The number of aryl methyl sites for hydroxylation is 1. The summed E-state index contributed by atoms with van der Waals surface area (Å²) in [6.07, 6.45) is 0.205. The Labute approximate surface area is 112 Å². The van der Waals surface area contributed by atoms with E-state index in [1.807, 2.05) is 31.2 Å². The molecule has 1 rings (SSSR count). The van der Waals surface area contributed by atoms with E-state index in [9.17, 15) is 4.79 Å². The summed E-state index contributed by atoms with van der Waals surface area (Å²) in [5.41, 5.74) is 6.45. The second-order valence-corrected chi connectivity index (χ2v) is 4.23. The van der Waals surface area contributed by atoms with E-state index in [4.69, 9.17) is 15.7 Å². The van der Waals surface area contributed by atoms with Gasteiger partial charge in [0.25, 0.3) is 0 Å². The lowest BCUT2D eigenvalue weighted by Gasteiger charge is -2.12. The molecule has 0 saturated carbocycles. The minimum absolute atomic E-state index is 0.0343. The predicted molar refractivity (Wildman–Crippen MR) is 72.3 cm³/mol. The number of ether oxygens (including phenoxy) is 1. The Bertz CT molecular complexity index is 460. The molecule has 104 valence electrons. The average molecular weight is 265 g/mol. The summed E-state index contributed by atoms with van der Waals surface area (Å²) in [4.78, 5) is 11.5. The number of nitrogens with two attached hydrogens (primary N) is 1.